The third-order valence-electron chi connectivity index (χ3n) is 4.36. The van der Waals surface area contributed by atoms with Crippen molar-refractivity contribution in [1.29, 1.82) is 0 Å². The number of halogens is 2. The Morgan fingerprint density at radius 1 is 1.38 bits per heavy atom. The Balaban J connectivity index is 1.72. The SMILES string of the molecule is CN(C(=O)N1CCc2ccccc2C1)[C@@H]1CNCC1(F)F. The van der Waals surface area contributed by atoms with Crippen LogP contribution < -0.4 is 5.32 Å². The summed E-state index contributed by atoms with van der Waals surface area (Å²) in [6.45, 7) is 0.842. The normalized spacial score (nSPS) is 23.8. The van der Waals surface area contributed by atoms with Gasteiger partial charge >= 0.3 is 6.03 Å². The smallest absolute Gasteiger partial charge is 0.320 e. The Labute approximate surface area is 122 Å². The molecule has 0 aliphatic carbocycles. The first-order valence-electron chi connectivity index (χ1n) is 7.16. The van der Waals surface area contributed by atoms with Gasteiger partial charge in [-0.2, -0.15) is 0 Å². The van der Waals surface area contributed by atoms with Gasteiger partial charge in [0.1, 0.15) is 6.04 Å². The number of urea groups is 1. The zero-order valence-electron chi connectivity index (χ0n) is 12.0. The third kappa shape index (κ3) is 2.60. The zero-order valence-corrected chi connectivity index (χ0v) is 12.0. The maximum absolute atomic E-state index is 13.8. The number of carbonyl (C=O) groups excluding carboxylic acids is 1. The van der Waals surface area contributed by atoms with Crippen LogP contribution in [0.5, 0.6) is 0 Å². The first kappa shape index (κ1) is 14.3. The molecule has 2 heterocycles. The van der Waals surface area contributed by atoms with Gasteiger partial charge in [-0.1, -0.05) is 24.3 Å². The number of alkyl halides is 2. The summed E-state index contributed by atoms with van der Waals surface area (Å²) in [5, 5.41) is 2.65. The summed E-state index contributed by atoms with van der Waals surface area (Å²) in [5.41, 5.74) is 2.33. The Kier molecular flexibility index (Phi) is 3.57. The average molecular weight is 295 g/mol. The van der Waals surface area contributed by atoms with Gasteiger partial charge in [0.05, 0.1) is 6.54 Å². The van der Waals surface area contributed by atoms with Crippen LogP contribution in [0.15, 0.2) is 24.3 Å². The van der Waals surface area contributed by atoms with Gasteiger partial charge in [-0.3, -0.25) is 0 Å². The molecule has 114 valence electrons. The molecule has 3 rings (SSSR count). The molecular weight excluding hydrogens is 276 g/mol. The predicted octanol–water partition coefficient (Wildman–Crippen LogP) is 1.70. The van der Waals surface area contributed by atoms with Crippen molar-refractivity contribution in [3.05, 3.63) is 35.4 Å². The van der Waals surface area contributed by atoms with Crippen LogP contribution in [0, 0.1) is 0 Å². The van der Waals surface area contributed by atoms with Crippen molar-refractivity contribution in [2.45, 2.75) is 24.9 Å². The number of nitrogens with one attached hydrogen (secondary N) is 1. The highest BCUT2D eigenvalue weighted by Gasteiger charge is 2.48. The minimum absolute atomic E-state index is 0.139. The van der Waals surface area contributed by atoms with Crippen LogP contribution >= 0.6 is 0 Å². The number of fused-ring (bicyclic) bond motifs is 1. The van der Waals surface area contributed by atoms with E-state index in [4.69, 9.17) is 0 Å². The van der Waals surface area contributed by atoms with Crippen molar-refractivity contribution in [3.8, 4) is 0 Å². The van der Waals surface area contributed by atoms with Gasteiger partial charge in [-0.05, 0) is 17.5 Å². The minimum Gasteiger partial charge on any atom is -0.320 e. The third-order valence-corrected chi connectivity index (χ3v) is 4.36. The Morgan fingerprint density at radius 2 is 2.10 bits per heavy atom. The van der Waals surface area contributed by atoms with Gasteiger partial charge < -0.3 is 15.1 Å². The highest BCUT2D eigenvalue weighted by Crippen LogP contribution is 2.27. The van der Waals surface area contributed by atoms with E-state index in [1.54, 1.807) is 4.90 Å². The van der Waals surface area contributed by atoms with Gasteiger partial charge in [-0.25, -0.2) is 13.6 Å². The fourth-order valence-corrected chi connectivity index (χ4v) is 3.08. The highest BCUT2D eigenvalue weighted by atomic mass is 19.3. The second-order valence-corrected chi connectivity index (χ2v) is 5.74. The molecule has 0 radical (unpaired) electrons. The van der Waals surface area contributed by atoms with Crippen molar-refractivity contribution in [1.82, 2.24) is 15.1 Å². The lowest BCUT2D eigenvalue weighted by Gasteiger charge is -2.36. The molecule has 2 aliphatic heterocycles. The van der Waals surface area contributed by atoms with E-state index in [-0.39, 0.29) is 19.1 Å². The number of hydrogen-bond acceptors (Lipinski definition) is 2. The number of benzene rings is 1. The monoisotopic (exact) mass is 295 g/mol. The number of hydrogen-bond donors (Lipinski definition) is 1. The van der Waals surface area contributed by atoms with Gasteiger partial charge in [0, 0.05) is 26.7 Å². The Bertz CT molecular complexity index is 549. The van der Waals surface area contributed by atoms with Gasteiger partial charge in [-0.15, -0.1) is 0 Å². The van der Waals surface area contributed by atoms with E-state index in [1.807, 2.05) is 18.2 Å². The van der Waals surface area contributed by atoms with E-state index in [0.29, 0.717) is 13.1 Å². The molecule has 1 aromatic carbocycles. The lowest BCUT2D eigenvalue weighted by atomic mass is 10.0. The van der Waals surface area contributed by atoms with E-state index in [2.05, 4.69) is 11.4 Å². The molecule has 2 amide bonds. The molecule has 1 saturated heterocycles. The standard InChI is InChI=1S/C15H19F2N3O/c1-19(13-8-18-10-15(13,16)17)14(21)20-7-6-11-4-2-3-5-12(11)9-20/h2-5,13,18H,6-10H2,1H3/t13-/m1/s1. The quantitative estimate of drug-likeness (QED) is 0.856. The van der Waals surface area contributed by atoms with Crippen LogP contribution in [0.25, 0.3) is 0 Å². The number of amides is 2. The van der Waals surface area contributed by atoms with E-state index < -0.39 is 12.0 Å². The van der Waals surface area contributed by atoms with Crippen molar-refractivity contribution in [3.63, 3.8) is 0 Å². The van der Waals surface area contributed by atoms with E-state index >= 15 is 0 Å². The molecule has 1 aromatic rings. The summed E-state index contributed by atoms with van der Waals surface area (Å²) in [7, 11) is 1.47. The molecule has 0 spiro atoms. The Hall–Kier alpha value is -1.69. The Morgan fingerprint density at radius 3 is 2.76 bits per heavy atom. The summed E-state index contributed by atoms with van der Waals surface area (Å²) < 4.78 is 27.5. The molecule has 1 fully saturated rings. The molecule has 0 aromatic heterocycles. The summed E-state index contributed by atoms with van der Waals surface area (Å²) in [5.74, 6) is -2.86. The van der Waals surface area contributed by atoms with Crippen LogP contribution in [0.4, 0.5) is 13.6 Å². The van der Waals surface area contributed by atoms with Crippen molar-refractivity contribution in [2.75, 3.05) is 26.7 Å². The van der Waals surface area contributed by atoms with Gasteiger partial charge in [0.15, 0.2) is 0 Å². The maximum atomic E-state index is 13.8. The van der Waals surface area contributed by atoms with Crippen molar-refractivity contribution in [2.24, 2.45) is 0 Å². The highest BCUT2D eigenvalue weighted by molar-refractivity contribution is 5.75. The number of rotatable bonds is 1. The molecule has 1 atom stereocenters. The molecule has 21 heavy (non-hydrogen) atoms. The van der Waals surface area contributed by atoms with Crippen LogP contribution in [-0.4, -0.2) is 54.5 Å². The largest absolute Gasteiger partial charge is 0.320 e. The molecule has 1 N–H and O–H groups in total. The molecule has 0 unspecified atom stereocenters. The molecule has 2 aliphatic rings. The van der Waals surface area contributed by atoms with Crippen molar-refractivity contribution < 1.29 is 13.6 Å². The fourth-order valence-electron chi connectivity index (χ4n) is 3.08. The van der Waals surface area contributed by atoms with E-state index in [9.17, 15) is 13.6 Å². The second-order valence-electron chi connectivity index (χ2n) is 5.74. The predicted molar refractivity (Wildman–Crippen MR) is 75.3 cm³/mol. The number of likely N-dealkylation sites (N-methyl/N-ethyl adjacent to an activating group) is 1. The topological polar surface area (TPSA) is 35.6 Å². The van der Waals surface area contributed by atoms with E-state index in [0.717, 1.165) is 12.0 Å². The first-order valence-corrected chi connectivity index (χ1v) is 7.16. The molecule has 6 heteroatoms. The molecular formula is C15H19F2N3O. The molecule has 4 nitrogen and oxygen atoms in total. The number of carbonyl (C=O) groups is 1. The van der Waals surface area contributed by atoms with Crippen molar-refractivity contribution >= 4 is 6.03 Å². The van der Waals surface area contributed by atoms with Crippen LogP contribution in [0.3, 0.4) is 0 Å². The van der Waals surface area contributed by atoms with Gasteiger partial charge in [0.2, 0.25) is 0 Å². The summed E-state index contributed by atoms with van der Waals surface area (Å²) in [6.07, 6.45) is 0.773. The van der Waals surface area contributed by atoms with Crippen LogP contribution in [0.1, 0.15) is 11.1 Å². The van der Waals surface area contributed by atoms with Gasteiger partial charge in [0.25, 0.3) is 5.92 Å². The van der Waals surface area contributed by atoms with E-state index in [1.165, 1.54) is 17.5 Å². The average Bonchev–Trinajstić information content (AvgIpc) is 2.84. The lowest BCUT2D eigenvalue weighted by molar-refractivity contribution is -0.0338. The lowest BCUT2D eigenvalue weighted by Crippen LogP contribution is -2.53. The van der Waals surface area contributed by atoms with Crippen LogP contribution in [-0.2, 0) is 13.0 Å². The summed E-state index contributed by atoms with van der Waals surface area (Å²) >= 11 is 0. The molecule has 0 bridgehead atoms. The summed E-state index contributed by atoms with van der Waals surface area (Å²) in [6, 6.07) is 6.56. The second kappa shape index (κ2) is 5.26. The maximum Gasteiger partial charge on any atom is 0.320 e. The fraction of sp³-hybridized carbons (Fsp3) is 0.533. The first-order chi connectivity index (χ1) is 9.99. The number of nitrogens with zero attached hydrogens (tertiary/aromatic N) is 2. The molecule has 0 saturated carbocycles. The zero-order chi connectivity index (χ0) is 15.0. The minimum atomic E-state index is -2.86. The van der Waals surface area contributed by atoms with Crippen LogP contribution in [0.2, 0.25) is 0 Å². The summed E-state index contributed by atoms with van der Waals surface area (Å²) in [4.78, 5) is 15.3.